The fourth-order valence-electron chi connectivity index (χ4n) is 2.63. The van der Waals surface area contributed by atoms with Gasteiger partial charge in [-0.15, -0.1) is 0 Å². The molecule has 2 heterocycles. The van der Waals surface area contributed by atoms with Gasteiger partial charge in [0.1, 0.15) is 12.3 Å². The second-order valence-electron chi connectivity index (χ2n) is 5.91. The number of anilines is 1. The molecule has 0 bridgehead atoms. The molecular formula is C17H16N4O5. The fourth-order valence-corrected chi connectivity index (χ4v) is 2.63. The number of furan rings is 1. The van der Waals surface area contributed by atoms with Gasteiger partial charge in [0.15, 0.2) is 5.54 Å². The Labute approximate surface area is 148 Å². The van der Waals surface area contributed by atoms with Crippen molar-refractivity contribution in [3.05, 3.63) is 54.0 Å². The third kappa shape index (κ3) is 3.02. The Balaban J connectivity index is 1.68. The predicted octanol–water partition coefficient (Wildman–Crippen LogP) is 0.784. The van der Waals surface area contributed by atoms with Gasteiger partial charge < -0.3 is 20.8 Å². The van der Waals surface area contributed by atoms with Crippen LogP contribution in [0.3, 0.4) is 0 Å². The number of nitrogens with zero attached hydrogens (tertiary/aromatic N) is 1. The molecule has 1 fully saturated rings. The summed E-state index contributed by atoms with van der Waals surface area (Å²) in [5, 5.41) is 5.08. The normalized spacial score (nSPS) is 19.3. The Hall–Kier alpha value is -3.62. The van der Waals surface area contributed by atoms with E-state index in [1.165, 1.54) is 37.5 Å². The first-order valence-electron chi connectivity index (χ1n) is 7.69. The molecular weight excluding hydrogens is 340 g/mol. The SMILES string of the molecule is CC1(c2ccco2)NC(=O)N(CC(=O)Nc2ccc(C(N)=O)cc2)C1=O. The molecule has 1 unspecified atom stereocenters. The number of nitrogens with one attached hydrogen (secondary N) is 2. The van der Waals surface area contributed by atoms with Gasteiger partial charge in [-0.05, 0) is 43.3 Å². The molecule has 1 aromatic carbocycles. The maximum absolute atomic E-state index is 12.6. The van der Waals surface area contributed by atoms with Crippen molar-refractivity contribution in [1.29, 1.82) is 0 Å². The zero-order valence-corrected chi connectivity index (χ0v) is 13.8. The van der Waals surface area contributed by atoms with Gasteiger partial charge >= 0.3 is 6.03 Å². The van der Waals surface area contributed by atoms with E-state index in [0.29, 0.717) is 11.3 Å². The highest BCUT2D eigenvalue weighted by molar-refractivity contribution is 6.10. The average Bonchev–Trinajstić information content (AvgIpc) is 3.20. The van der Waals surface area contributed by atoms with Crippen molar-refractivity contribution < 1.29 is 23.6 Å². The van der Waals surface area contributed by atoms with E-state index in [2.05, 4.69) is 10.6 Å². The molecule has 0 aliphatic carbocycles. The molecule has 3 rings (SSSR count). The Kier molecular flexibility index (Phi) is 4.21. The molecule has 134 valence electrons. The lowest BCUT2D eigenvalue weighted by Crippen LogP contribution is -2.41. The van der Waals surface area contributed by atoms with E-state index in [9.17, 15) is 19.2 Å². The van der Waals surface area contributed by atoms with Crippen LogP contribution in [0.5, 0.6) is 0 Å². The summed E-state index contributed by atoms with van der Waals surface area (Å²) in [6.07, 6.45) is 1.39. The van der Waals surface area contributed by atoms with Gasteiger partial charge in [0, 0.05) is 11.3 Å². The summed E-state index contributed by atoms with van der Waals surface area (Å²) in [5.74, 6) is -1.46. The number of hydrogen-bond acceptors (Lipinski definition) is 5. The number of rotatable bonds is 5. The second kappa shape index (κ2) is 6.36. The molecule has 2 aromatic rings. The molecule has 9 heteroatoms. The summed E-state index contributed by atoms with van der Waals surface area (Å²) in [7, 11) is 0. The highest BCUT2D eigenvalue weighted by atomic mass is 16.3. The van der Waals surface area contributed by atoms with E-state index in [0.717, 1.165) is 4.90 Å². The quantitative estimate of drug-likeness (QED) is 0.681. The number of carbonyl (C=O) groups is 4. The fraction of sp³-hybridized carbons (Fsp3) is 0.176. The van der Waals surface area contributed by atoms with Crippen LogP contribution >= 0.6 is 0 Å². The second-order valence-corrected chi connectivity index (χ2v) is 5.91. The first kappa shape index (κ1) is 17.2. The number of primary amides is 1. The first-order valence-corrected chi connectivity index (χ1v) is 7.69. The molecule has 9 nitrogen and oxygen atoms in total. The van der Waals surface area contributed by atoms with E-state index in [1.54, 1.807) is 12.1 Å². The standard InChI is InChI=1S/C17H16N4O5/c1-17(12-3-2-8-26-12)15(24)21(16(25)20-17)9-13(22)19-11-6-4-10(5-7-11)14(18)23/h2-8H,9H2,1H3,(H2,18,23)(H,19,22)(H,20,25). The minimum absolute atomic E-state index is 0.279. The number of amides is 5. The zero-order valence-electron chi connectivity index (χ0n) is 13.8. The van der Waals surface area contributed by atoms with Gasteiger partial charge in [-0.25, -0.2) is 4.79 Å². The number of hydrogen-bond donors (Lipinski definition) is 3. The van der Waals surface area contributed by atoms with Crippen LogP contribution in [0.2, 0.25) is 0 Å². The number of carbonyl (C=O) groups excluding carboxylic acids is 4. The van der Waals surface area contributed by atoms with E-state index in [1.807, 2.05) is 0 Å². The topological polar surface area (TPSA) is 135 Å². The van der Waals surface area contributed by atoms with Crippen LogP contribution < -0.4 is 16.4 Å². The summed E-state index contributed by atoms with van der Waals surface area (Å²) >= 11 is 0. The van der Waals surface area contributed by atoms with Crippen LogP contribution in [-0.2, 0) is 15.1 Å². The van der Waals surface area contributed by atoms with Crippen molar-refractivity contribution in [2.75, 3.05) is 11.9 Å². The Morgan fingerprint density at radius 1 is 1.23 bits per heavy atom. The van der Waals surface area contributed by atoms with Gasteiger partial charge in [0.05, 0.1) is 6.26 Å². The molecule has 1 aliphatic rings. The molecule has 1 saturated heterocycles. The van der Waals surface area contributed by atoms with Crippen molar-refractivity contribution in [2.45, 2.75) is 12.5 Å². The van der Waals surface area contributed by atoms with Crippen LogP contribution in [0.15, 0.2) is 47.1 Å². The molecule has 26 heavy (non-hydrogen) atoms. The number of benzene rings is 1. The molecule has 1 atom stereocenters. The lowest BCUT2D eigenvalue weighted by Gasteiger charge is -2.18. The summed E-state index contributed by atoms with van der Waals surface area (Å²) in [4.78, 5) is 48.7. The Morgan fingerprint density at radius 2 is 1.92 bits per heavy atom. The van der Waals surface area contributed by atoms with Gasteiger partial charge in [0.25, 0.3) is 5.91 Å². The van der Waals surface area contributed by atoms with Crippen molar-refractivity contribution >= 4 is 29.4 Å². The largest absolute Gasteiger partial charge is 0.466 e. The molecule has 4 N–H and O–H groups in total. The predicted molar refractivity (Wildman–Crippen MR) is 89.9 cm³/mol. The average molecular weight is 356 g/mol. The lowest BCUT2D eigenvalue weighted by molar-refractivity contribution is -0.134. The van der Waals surface area contributed by atoms with Gasteiger partial charge in [0.2, 0.25) is 11.8 Å². The summed E-state index contributed by atoms with van der Waals surface area (Å²) < 4.78 is 5.22. The number of nitrogens with two attached hydrogens (primary N) is 1. The summed E-state index contributed by atoms with van der Waals surface area (Å²) in [6, 6.07) is 8.40. The minimum Gasteiger partial charge on any atom is -0.466 e. The van der Waals surface area contributed by atoms with E-state index in [4.69, 9.17) is 10.2 Å². The smallest absolute Gasteiger partial charge is 0.325 e. The molecule has 0 spiro atoms. The van der Waals surface area contributed by atoms with Crippen LogP contribution in [0.25, 0.3) is 0 Å². The molecule has 0 radical (unpaired) electrons. The minimum atomic E-state index is -1.36. The van der Waals surface area contributed by atoms with E-state index >= 15 is 0 Å². The van der Waals surface area contributed by atoms with Crippen LogP contribution in [0.1, 0.15) is 23.0 Å². The first-order chi connectivity index (χ1) is 12.3. The Bertz CT molecular complexity index is 875. The molecule has 5 amide bonds. The van der Waals surface area contributed by atoms with Gasteiger partial charge in [-0.1, -0.05) is 0 Å². The lowest BCUT2D eigenvalue weighted by atomic mass is 9.99. The van der Waals surface area contributed by atoms with E-state index < -0.39 is 35.8 Å². The highest BCUT2D eigenvalue weighted by Crippen LogP contribution is 2.28. The van der Waals surface area contributed by atoms with Crippen molar-refractivity contribution in [1.82, 2.24) is 10.2 Å². The molecule has 1 aromatic heterocycles. The van der Waals surface area contributed by atoms with Crippen LogP contribution in [0.4, 0.5) is 10.5 Å². The molecule has 1 aliphatic heterocycles. The van der Waals surface area contributed by atoms with Crippen LogP contribution in [-0.4, -0.2) is 35.2 Å². The summed E-state index contributed by atoms with van der Waals surface area (Å²) in [5.41, 5.74) is 4.49. The number of imide groups is 1. The van der Waals surface area contributed by atoms with Gasteiger partial charge in [-0.3, -0.25) is 19.3 Å². The van der Waals surface area contributed by atoms with Crippen LogP contribution in [0, 0.1) is 0 Å². The highest BCUT2D eigenvalue weighted by Gasteiger charge is 2.51. The van der Waals surface area contributed by atoms with Crippen molar-refractivity contribution in [2.24, 2.45) is 5.73 Å². The van der Waals surface area contributed by atoms with Crippen molar-refractivity contribution in [3.8, 4) is 0 Å². The van der Waals surface area contributed by atoms with Crippen molar-refractivity contribution in [3.63, 3.8) is 0 Å². The third-order valence-electron chi connectivity index (χ3n) is 4.04. The molecule has 0 saturated carbocycles. The maximum atomic E-state index is 12.6. The maximum Gasteiger partial charge on any atom is 0.325 e. The Morgan fingerprint density at radius 3 is 2.50 bits per heavy atom. The zero-order chi connectivity index (χ0) is 18.9. The van der Waals surface area contributed by atoms with Gasteiger partial charge in [-0.2, -0.15) is 0 Å². The monoisotopic (exact) mass is 356 g/mol. The number of urea groups is 1. The van der Waals surface area contributed by atoms with E-state index in [-0.39, 0.29) is 5.76 Å². The third-order valence-corrected chi connectivity index (χ3v) is 4.04. The summed E-state index contributed by atoms with van der Waals surface area (Å²) in [6.45, 7) is 1.05.